The molecule has 1 rings (SSSR count). The van der Waals surface area contributed by atoms with Crippen LogP contribution >= 0.6 is 0 Å². The molecule has 0 spiro atoms. The van der Waals surface area contributed by atoms with Crippen molar-refractivity contribution in [1.29, 1.82) is 0 Å². The number of alkyl halides is 3. The Morgan fingerprint density at radius 1 is 1.06 bits per heavy atom. The zero-order valence-corrected chi connectivity index (χ0v) is 9.28. The molecule has 16 heavy (non-hydrogen) atoms. The van der Waals surface area contributed by atoms with Gasteiger partial charge in [0.15, 0.2) is 0 Å². The van der Waals surface area contributed by atoms with Crippen LogP contribution in [0.4, 0.5) is 24.5 Å². The first kappa shape index (κ1) is 12.7. The van der Waals surface area contributed by atoms with E-state index in [1.54, 1.807) is 6.92 Å². The summed E-state index contributed by atoms with van der Waals surface area (Å²) >= 11 is 0. The summed E-state index contributed by atoms with van der Waals surface area (Å²) in [5.41, 5.74) is 11.6. The molecule has 0 aliphatic rings. The van der Waals surface area contributed by atoms with Gasteiger partial charge < -0.3 is 11.5 Å². The van der Waals surface area contributed by atoms with Crippen molar-refractivity contribution in [3.63, 3.8) is 0 Å². The molecule has 0 aliphatic heterocycles. The molecule has 0 heterocycles. The summed E-state index contributed by atoms with van der Waals surface area (Å²) in [5.74, 6) is 0. The van der Waals surface area contributed by atoms with Crippen LogP contribution in [0.2, 0.25) is 0 Å². The maximum atomic E-state index is 12.7. The molecule has 0 bridgehead atoms. The number of rotatable bonds is 2. The van der Waals surface area contributed by atoms with E-state index in [-0.39, 0.29) is 23.4 Å². The van der Waals surface area contributed by atoms with Gasteiger partial charge in [0.25, 0.3) is 0 Å². The highest BCUT2D eigenvalue weighted by atomic mass is 19.4. The molecule has 90 valence electrons. The molecule has 0 unspecified atom stereocenters. The highest BCUT2D eigenvalue weighted by Crippen LogP contribution is 2.38. The minimum atomic E-state index is -4.40. The minimum absolute atomic E-state index is 0.115. The summed E-state index contributed by atoms with van der Waals surface area (Å²) in [6.45, 7) is 3.46. The summed E-state index contributed by atoms with van der Waals surface area (Å²) in [4.78, 5) is 0. The van der Waals surface area contributed by atoms with Crippen molar-refractivity contribution in [2.45, 2.75) is 32.9 Å². The number of hydrogen-bond donors (Lipinski definition) is 2. The Morgan fingerprint density at radius 3 is 1.94 bits per heavy atom. The zero-order valence-electron chi connectivity index (χ0n) is 9.28. The lowest BCUT2D eigenvalue weighted by atomic mass is 9.95. The molecule has 5 heteroatoms. The van der Waals surface area contributed by atoms with Gasteiger partial charge in [0.2, 0.25) is 0 Å². The van der Waals surface area contributed by atoms with E-state index in [1.165, 1.54) is 0 Å². The first-order valence-corrected chi connectivity index (χ1v) is 5.09. The van der Waals surface area contributed by atoms with Gasteiger partial charge in [-0.25, -0.2) is 0 Å². The smallest absolute Gasteiger partial charge is 0.398 e. The number of nitrogens with two attached hydrogens (primary N) is 2. The first-order valence-electron chi connectivity index (χ1n) is 5.09. The van der Waals surface area contributed by atoms with E-state index in [0.29, 0.717) is 12.0 Å². The largest absolute Gasteiger partial charge is 0.416 e. The normalized spacial score (nSPS) is 11.8. The first-order chi connectivity index (χ1) is 7.32. The summed E-state index contributed by atoms with van der Waals surface area (Å²) in [5, 5.41) is 0. The maximum Gasteiger partial charge on any atom is 0.416 e. The molecule has 4 N–H and O–H groups in total. The standard InChI is InChI=1S/C11H15F3N2/c1-3-6-8(11(12,13)14)5-9(15)7(4-2)10(6)16/h5H,3-4,15-16H2,1-2H3. The Hall–Kier alpha value is -1.39. The quantitative estimate of drug-likeness (QED) is 0.770. The van der Waals surface area contributed by atoms with Crippen LogP contribution in [-0.2, 0) is 19.0 Å². The van der Waals surface area contributed by atoms with Crippen LogP contribution in [0, 0.1) is 0 Å². The SMILES string of the molecule is CCc1c(N)cc(C(F)(F)F)c(CC)c1N. The highest BCUT2D eigenvalue weighted by molar-refractivity contribution is 5.68. The number of nitrogen functional groups attached to an aromatic ring is 2. The van der Waals surface area contributed by atoms with Crippen LogP contribution in [0.5, 0.6) is 0 Å². The lowest BCUT2D eigenvalue weighted by Gasteiger charge is -2.18. The van der Waals surface area contributed by atoms with Crippen molar-refractivity contribution in [1.82, 2.24) is 0 Å². The second-order valence-corrected chi connectivity index (χ2v) is 3.59. The van der Waals surface area contributed by atoms with Gasteiger partial charge in [0, 0.05) is 11.4 Å². The Balaban J connectivity index is 3.53. The van der Waals surface area contributed by atoms with Crippen molar-refractivity contribution >= 4 is 11.4 Å². The Kier molecular flexibility index (Phi) is 3.35. The van der Waals surface area contributed by atoms with E-state index in [1.807, 2.05) is 6.92 Å². The van der Waals surface area contributed by atoms with E-state index in [9.17, 15) is 13.2 Å². The third kappa shape index (κ3) is 2.08. The van der Waals surface area contributed by atoms with Crippen LogP contribution in [0.15, 0.2) is 6.07 Å². The molecule has 0 saturated heterocycles. The molecule has 0 atom stereocenters. The second kappa shape index (κ2) is 4.23. The summed E-state index contributed by atoms with van der Waals surface area (Å²) in [7, 11) is 0. The second-order valence-electron chi connectivity index (χ2n) is 3.59. The van der Waals surface area contributed by atoms with E-state index in [2.05, 4.69) is 0 Å². The average molecular weight is 232 g/mol. The molecule has 0 aliphatic carbocycles. The van der Waals surface area contributed by atoms with Gasteiger partial charge in [0.1, 0.15) is 0 Å². The van der Waals surface area contributed by atoms with Gasteiger partial charge in [-0.3, -0.25) is 0 Å². The van der Waals surface area contributed by atoms with Crippen LogP contribution < -0.4 is 11.5 Å². The Labute approximate surface area is 92.4 Å². The van der Waals surface area contributed by atoms with Gasteiger partial charge in [0.05, 0.1) is 5.56 Å². The predicted octanol–water partition coefficient (Wildman–Crippen LogP) is 2.99. The molecule has 1 aromatic carbocycles. The van der Waals surface area contributed by atoms with Crippen LogP contribution in [0.25, 0.3) is 0 Å². The third-order valence-electron chi connectivity index (χ3n) is 2.64. The zero-order chi connectivity index (χ0) is 12.5. The third-order valence-corrected chi connectivity index (χ3v) is 2.64. The molecular formula is C11H15F3N2. The van der Waals surface area contributed by atoms with Crippen LogP contribution in [0.1, 0.15) is 30.5 Å². The molecule has 0 fully saturated rings. The Morgan fingerprint density at radius 2 is 1.56 bits per heavy atom. The topological polar surface area (TPSA) is 52.0 Å². The average Bonchev–Trinajstić information content (AvgIpc) is 2.16. The van der Waals surface area contributed by atoms with Gasteiger partial charge in [-0.05, 0) is 30.0 Å². The minimum Gasteiger partial charge on any atom is -0.398 e. The lowest BCUT2D eigenvalue weighted by Crippen LogP contribution is -2.14. The van der Waals surface area contributed by atoms with E-state index < -0.39 is 11.7 Å². The fourth-order valence-electron chi connectivity index (χ4n) is 1.84. The molecule has 0 aromatic heterocycles. The summed E-state index contributed by atoms with van der Waals surface area (Å²) in [6, 6.07) is 0.980. The molecular weight excluding hydrogens is 217 g/mol. The fraction of sp³-hybridized carbons (Fsp3) is 0.455. The van der Waals surface area contributed by atoms with Gasteiger partial charge in [-0.1, -0.05) is 13.8 Å². The van der Waals surface area contributed by atoms with E-state index in [4.69, 9.17) is 11.5 Å². The molecule has 0 radical (unpaired) electrons. The van der Waals surface area contributed by atoms with E-state index in [0.717, 1.165) is 6.07 Å². The van der Waals surface area contributed by atoms with E-state index >= 15 is 0 Å². The van der Waals surface area contributed by atoms with Crippen molar-refractivity contribution in [2.24, 2.45) is 0 Å². The molecule has 2 nitrogen and oxygen atoms in total. The number of anilines is 2. The van der Waals surface area contributed by atoms with Gasteiger partial charge >= 0.3 is 6.18 Å². The summed E-state index contributed by atoms with van der Waals surface area (Å²) in [6.07, 6.45) is -3.63. The monoisotopic (exact) mass is 232 g/mol. The summed E-state index contributed by atoms with van der Waals surface area (Å²) < 4.78 is 38.2. The fourth-order valence-corrected chi connectivity index (χ4v) is 1.84. The number of halogens is 3. The van der Waals surface area contributed by atoms with Crippen molar-refractivity contribution in [3.8, 4) is 0 Å². The molecule has 0 saturated carbocycles. The highest BCUT2D eigenvalue weighted by Gasteiger charge is 2.34. The predicted molar refractivity (Wildman–Crippen MR) is 59.0 cm³/mol. The maximum absolute atomic E-state index is 12.7. The van der Waals surface area contributed by atoms with Gasteiger partial charge in [-0.15, -0.1) is 0 Å². The molecule has 0 amide bonds. The van der Waals surface area contributed by atoms with Crippen molar-refractivity contribution < 1.29 is 13.2 Å². The molecule has 1 aromatic rings. The lowest BCUT2D eigenvalue weighted by molar-refractivity contribution is -0.138. The van der Waals surface area contributed by atoms with Gasteiger partial charge in [-0.2, -0.15) is 13.2 Å². The number of hydrogen-bond acceptors (Lipinski definition) is 2. The van der Waals surface area contributed by atoms with Crippen LogP contribution in [-0.4, -0.2) is 0 Å². The van der Waals surface area contributed by atoms with Crippen LogP contribution in [0.3, 0.4) is 0 Å². The van der Waals surface area contributed by atoms with Crippen molar-refractivity contribution in [2.75, 3.05) is 11.5 Å². The van der Waals surface area contributed by atoms with Crippen molar-refractivity contribution in [3.05, 3.63) is 22.8 Å². The Bertz CT molecular complexity index is 397. The number of benzene rings is 1.